The summed E-state index contributed by atoms with van der Waals surface area (Å²) >= 11 is 0. The second-order valence-corrected chi connectivity index (χ2v) is 10.3. The summed E-state index contributed by atoms with van der Waals surface area (Å²) in [5.41, 5.74) is 4.01. The first-order valence-electron chi connectivity index (χ1n) is 10.7. The van der Waals surface area contributed by atoms with Crippen LogP contribution in [0.3, 0.4) is 0 Å². The maximum atomic E-state index is 13.6. The maximum absolute atomic E-state index is 13.6. The predicted octanol–water partition coefficient (Wildman–Crippen LogP) is 3.97. The number of amides is 2. The van der Waals surface area contributed by atoms with Crippen molar-refractivity contribution in [2.45, 2.75) is 24.7 Å². The molecule has 0 aromatic heterocycles. The highest BCUT2D eigenvalue weighted by Crippen LogP contribution is 2.44. The number of para-hydroxylation sites is 2. The Morgan fingerprint density at radius 1 is 0.970 bits per heavy atom. The van der Waals surface area contributed by atoms with Crippen molar-refractivity contribution in [3.05, 3.63) is 72.3 Å². The van der Waals surface area contributed by atoms with Gasteiger partial charge in [-0.15, -0.1) is 0 Å². The topological polar surface area (TPSA) is 86.8 Å². The number of sulfonamides is 1. The number of hydrogen-bond donors (Lipinski definition) is 1. The molecule has 1 N–H and O–H groups in total. The molecule has 0 saturated heterocycles. The first kappa shape index (κ1) is 21.2. The number of carbonyl (C=O) groups excluding carboxylic acids is 2. The Hall–Kier alpha value is -3.65. The quantitative estimate of drug-likeness (QED) is 0.639. The van der Waals surface area contributed by atoms with Gasteiger partial charge in [-0.3, -0.25) is 18.8 Å². The van der Waals surface area contributed by atoms with Crippen LogP contribution in [0.15, 0.2) is 71.6 Å². The van der Waals surface area contributed by atoms with Crippen molar-refractivity contribution < 1.29 is 18.0 Å². The molecule has 168 valence electrons. The molecule has 0 aliphatic carbocycles. The Kier molecular flexibility index (Phi) is 4.97. The van der Waals surface area contributed by atoms with Gasteiger partial charge in [0.15, 0.2) is 0 Å². The minimum atomic E-state index is -3.97. The van der Waals surface area contributed by atoms with Crippen LogP contribution in [0.25, 0.3) is 11.1 Å². The van der Waals surface area contributed by atoms with Crippen LogP contribution < -0.4 is 14.5 Å². The van der Waals surface area contributed by atoms with Gasteiger partial charge in [-0.05, 0) is 41.8 Å². The molecule has 2 aliphatic heterocycles. The van der Waals surface area contributed by atoms with Crippen LogP contribution in [0.5, 0.6) is 0 Å². The van der Waals surface area contributed by atoms with Crippen LogP contribution in [0.4, 0.5) is 17.1 Å². The maximum Gasteiger partial charge on any atom is 0.265 e. The van der Waals surface area contributed by atoms with Gasteiger partial charge in [-0.1, -0.05) is 50.2 Å². The summed E-state index contributed by atoms with van der Waals surface area (Å²) in [6.07, 6.45) is 0. The fraction of sp³-hybridized carbons (Fsp3) is 0.200. The van der Waals surface area contributed by atoms with Crippen LogP contribution >= 0.6 is 0 Å². The molecule has 3 aromatic rings. The van der Waals surface area contributed by atoms with Gasteiger partial charge in [-0.2, -0.15) is 0 Å². The van der Waals surface area contributed by atoms with Crippen molar-refractivity contribution in [3.63, 3.8) is 0 Å². The van der Waals surface area contributed by atoms with Crippen molar-refractivity contribution in [1.29, 1.82) is 0 Å². The lowest BCUT2D eigenvalue weighted by Gasteiger charge is -2.35. The zero-order valence-electron chi connectivity index (χ0n) is 18.3. The molecule has 3 aromatic carbocycles. The molecule has 0 radical (unpaired) electrons. The van der Waals surface area contributed by atoms with E-state index in [9.17, 15) is 18.0 Å². The summed E-state index contributed by atoms with van der Waals surface area (Å²) in [6, 6.07) is 19.5. The summed E-state index contributed by atoms with van der Waals surface area (Å²) < 4.78 is 28.3. The first-order valence-corrected chi connectivity index (χ1v) is 12.2. The van der Waals surface area contributed by atoms with Gasteiger partial charge in [0.05, 0.1) is 22.0 Å². The normalized spacial score (nSPS) is 16.0. The molecular formula is C25H23N3O4S. The molecule has 0 atom stereocenters. The number of benzene rings is 3. The number of anilines is 3. The molecule has 2 amide bonds. The fourth-order valence-corrected chi connectivity index (χ4v) is 5.98. The average Bonchev–Trinajstić information content (AvgIpc) is 2.80. The lowest BCUT2D eigenvalue weighted by Crippen LogP contribution is -2.48. The Morgan fingerprint density at radius 3 is 2.48 bits per heavy atom. The summed E-state index contributed by atoms with van der Waals surface area (Å²) in [6.45, 7) is 3.58. The van der Waals surface area contributed by atoms with Gasteiger partial charge in [-0.25, -0.2) is 8.42 Å². The summed E-state index contributed by atoms with van der Waals surface area (Å²) in [4.78, 5) is 27.1. The van der Waals surface area contributed by atoms with E-state index in [1.807, 2.05) is 18.2 Å². The van der Waals surface area contributed by atoms with E-state index >= 15 is 0 Å². The zero-order valence-corrected chi connectivity index (χ0v) is 19.1. The van der Waals surface area contributed by atoms with Crippen LogP contribution in [-0.2, 0) is 19.6 Å². The van der Waals surface area contributed by atoms with Gasteiger partial charge >= 0.3 is 0 Å². The molecule has 0 unspecified atom stereocenters. The van der Waals surface area contributed by atoms with Crippen LogP contribution in [-0.4, -0.2) is 33.3 Å². The third-order valence-electron chi connectivity index (χ3n) is 6.05. The smallest absolute Gasteiger partial charge is 0.265 e. The van der Waals surface area contributed by atoms with E-state index in [4.69, 9.17) is 0 Å². The fourth-order valence-electron chi connectivity index (χ4n) is 4.34. The van der Waals surface area contributed by atoms with Gasteiger partial charge in [0.1, 0.15) is 13.1 Å². The number of rotatable bonds is 3. The summed E-state index contributed by atoms with van der Waals surface area (Å²) in [5.74, 6) is -0.533. The third kappa shape index (κ3) is 3.47. The Balaban J connectivity index is 1.59. The first-order chi connectivity index (χ1) is 15.8. The molecule has 0 spiro atoms. The number of fused-ring (bicyclic) bond motifs is 4. The van der Waals surface area contributed by atoms with E-state index in [1.165, 1.54) is 4.90 Å². The molecule has 7 nitrogen and oxygen atoms in total. The Labute approximate surface area is 192 Å². The van der Waals surface area contributed by atoms with E-state index in [2.05, 4.69) is 19.2 Å². The lowest BCUT2D eigenvalue weighted by molar-refractivity contribution is -0.121. The zero-order chi connectivity index (χ0) is 23.3. The highest BCUT2D eigenvalue weighted by atomic mass is 32.2. The lowest BCUT2D eigenvalue weighted by atomic mass is 9.95. The Morgan fingerprint density at radius 2 is 1.70 bits per heavy atom. The molecule has 2 aliphatic rings. The van der Waals surface area contributed by atoms with Crippen molar-refractivity contribution in [2.75, 3.05) is 27.6 Å². The third-order valence-corrected chi connectivity index (χ3v) is 7.87. The minimum absolute atomic E-state index is 0.167. The summed E-state index contributed by atoms with van der Waals surface area (Å²) in [5, 5.41) is 2.75. The Bertz CT molecular complexity index is 1400. The van der Waals surface area contributed by atoms with E-state index in [1.54, 1.807) is 48.5 Å². The number of nitrogens with zero attached hydrogens (tertiary/aromatic N) is 2. The standard InChI is InChI=1S/C25H23N3O4S/c1-16(2)17-11-12-21-19(13-17)18-7-3-6-10-23(18)33(31,32)28(21)15-25(30)27-14-24(29)26-20-8-4-5-9-22(20)27/h3-13,16H,14-15H2,1-2H3,(H,26,29). The van der Waals surface area contributed by atoms with Gasteiger partial charge in [0.2, 0.25) is 11.8 Å². The van der Waals surface area contributed by atoms with E-state index in [0.717, 1.165) is 15.4 Å². The molecule has 0 bridgehead atoms. The second-order valence-electron chi connectivity index (χ2n) is 8.48. The van der Waals surface area contributed by atoms with Crippen molar-refractivity contribution >= 4 is 38.9 Å². The van der Waals surface area contributed by atoms with Crippen molar-refractivity contribution in [2.24, 2.45) is 0 Å². The van der Waals surface area contributed by atoms with Crippen LogP contribution in [0.1, 0.15) is 25.3 Å². The second kappa shape index (κ2) is 7.74. The molecule has 5 rings (SSSR count). The molecule has 33 heavy (non-hydrogen) atoms. The molecule has 8 heteroatoms. The number of nitrogens with one attached hydrogen (secondary N) is 1. The van der Waals surface area contributed by atoms with Crippen molar-refractivity contribution in [1.82, 2.24) is 0 Å². The van der Waals surface area contributed by atoms with E-state index < -0.39 is 22.5 Å². The molecular weight excluding hydrogens is 438 g/mol. The van der Waals surface area contributed by atoms with Gasteiger partial charge in [0, 0.05) is 11.1 Å². The highest BCUT2D eigenvalue weighted by molar-refractivity contribution is 7.93. The number of hydrogen-bond acceptors (Lipinski definition) is 4. The average molecular weight is 462 g/mol. The van der Waals surface area contributed by atoms with E-state index in [0.29, 0.717) is 22.6 Å². The molecule has 0 fully saturated rings. The molecule has 0 saturated carbocycles. The minimum Gasteiger partial charge on any atom is -0.323 e. The predicted molar refractivity (Wildman–Crippen MR) is 128 cm³/mol. The van der Waals surface area contributed by atoms with Gasteiger partial charge < -0.3 is 5.32 Å². The molecule has 2 heterocycles. The SMILES string of the molecule is CC(C)c1ccc2c(c1)-c1ccccc1S(=O)(=O)N2CC(=O)N1CC(=O)Nc2ccccc21. The van der Waals surface area contributed by atoms with E-state index in [-0.39, 0.29) is 23.3 Å². The highest BCUT2D eigenvalue weighted by Gasteiger charge is 2.38. The number of carbonyl (C=O) groups is 2. The monoisotopic (exact) mass is 461 g/mol. The summed E-state index contributed by atoms with van der Waals surface area (Å²) in [7, 11) is -3.97. The largest absolute Gasteiger partial charge is 0.323 e. The van der Waals surface area contributed by atoms with Crippen molar-refractivity contribution in [3.8, 4) is 11.1 Å². The van der Waals surface area contributed by atoms with Crippen LogP contribution in [0, 0.1) is 0 Å². The van der Waals surface area contributed by atoms with Gasteiger partial charge in [0.25, 0.3) is 10.0 Å². The van der Waals surface area contributed by atoms with Crippen LogP contribution in [0.2, 0.25) is 0 Å².